The van der Waals surface area contributed by atoms with Crippen molar-refractivity contribution in [3.63, 3.8) is 0 Å². The molecule has 26 heavy (non-hydrogen) atoms. The summed E-state index contributed by atoms with van der Waals surface area (Å²) in [4.78, 5) is 31.1. The lowest BCUT2D eigenvalue weighted by molar-refractivity contribution is -0.144. The molecule has 2 amide bonds. The molecule has 0 saturated carbocycles. The Labute approximate surface area is 162 Å². The van der Waals surface area contributed by atoms with Crippen molar-refractivity contribution in [3.05, 3.63) is 28.7 Å². The first-order chi connectivity index (χ1) is 12.1. The first-order valence-corrected chi connectivity index (χ1v) is 9.29. The molecule has 7 nitrogen and oxygen atoms in total. The molecular formula is C18H25BrN2O5. The van der Waals surface area contributed by atoms with Crippen molar-refractivity contribution in [3.8, 4) is 5.75 Å². The second-order valence-electron chi connectivity index (χ2n) is 7.14. The van der Waals surface area contributed by atoms with Crippen LogP contribution >= 0.6 is 15.9 Å². The molecule has 1 aliphatic heterocycles. The Hall–Kier alpha value is -1.80. The summed E-state index contributed by atoms with van der Waals surface area (Å²) >= 11 is 3.34. The molecule has 1 heterocycles. The maximum Gasteiger partial charge on any atom is 0.410 e. The average Bonchev–Trinajstić information content (AvgIpc) is 3.02. The van der Waals surface area contributed by atoms with Crippen LogP contribution in [0.4, 0.5) is 4.79 Å². The first kappa shape index (κ1) is 20.5. The Morgan fingerprint density at radius 3 is 2.54 bits per heavy atom. The molecule has 0 radical (unpaired) electrons. The van der Waals surface area contributed by atoms with Gasteiger partial charge in [0.25, 0.3) is 5.91 Å². The number of hydrogen-bond donors (Lipinski definition) is 1. The number of hydroxylamine groups is 1. The molecule has 1 unspecified atom stereocenters. The Balaban J connectivity index is 1.74. The summed E-state index contributed by atoms with van der Waals surface area (Å²) in [6, 6.07) is 7.20. The number of nitrogens with one attached hydrogen (secondary N) is 1. The van der Waals surface area contributed by atoms with E-state index in [9.17, 15) is 9.59 Å². The summed E-state index contributed by atoms with van der Waals surface area (Å²) in [5.74, 6) is 0.205. The minimum atomic E-state index is -0.709. The van der Waals surface area contributed by atoms with E-state index in [1.165, 1.54) is 0 Å². The molecule has 8 heteroatoms. The van der Waals surface area contributed by atoms with Crippen molar-refractivity contribution in [2.75, 3.05) is 13.1 Å². The van der Waals surface area contributed by atoms with Gasteiger partial charge in [0.1, 0.15) is 17.5 Å². The van der Waals surface area contributed by atoms with Gasteiger partial charge in [0.05, 0.1) is 6.54 Å². The van der Waals surface area contributed by atoms with Gasteiger partial charge in [-0.2, -0.15) is 0 Å². The van der Waals surface area contributed by atoms with Crippen LogP contribution in [0.25, 0.3) is 0 Å². The quantitative estimate of drug-likeness (QED) is 0.728. The highest BCUT2D eigenvalue weighted by atomic mass is 79.9. The van der Waals surface area contributed by atoms with Gasteiger partial charge in [-0.15, -0.1) is 0 Å². The van der Waals surface area contributed by atoms with Crippen LogP contribution in [0.3, 0.4) is 0 Å². The van der Waals surface area contributed by atoms with Gasteiger partial charge in [-0.05, 0) is 58.4 Å². The fraction of sp³-hybridized carbons (Fsp3) is 0.556. The molecule has 2 rings (SSSR count). The zero-order valence-electron chi connectivity index (χ0n) is 15.5. The Kier molecular flexibility index (Phi) is 6.88. The zero-order chi connectivity index (χ0) is 19.3. The second-order valence-corrected chi connectivity index (χ2v) is 8.05. The number of ether oxygens (including phenoxy) is 2. The van der Waals surface area contributed by atoms with Crippen molar-refractivity contribution in [2.24, 2.45) is 0 Å². The van der Waals surface area contributed by atoms with E-state index in [1.807, 2.05) is 32.9 Å². The molecule has 1 fully saturated rings. The summed E-state index contributed by atoms with van der Waals surface area (Å²) in [7, 11) is 0. The molecule has 0 aliphatic carbocycles. The average molecular weight is 429 g/mol. The summed E-state index contributed by atoms with van der Waals surface area (Å²) in [5.41, 5.74) is 1.87. The molecule has 144 valence electrons. The maximum absolute atomic E-state index is 12.1. The predicted octanol–water partition coefficient (Wildman–Crippen LogP) is 3.27. The smallest absolute Gasteiger partial charge is 0.410 e. The lowest BCUT2D eigenvalue weighted by Gasteiger charge is -2.24. The van der Waals surface area contributed by atoms with Gasteiger partial charge in [0.2, 0.25) is 0 Å². The van der Waals surface area contributed by atoms with Crippen molar-refractivity contribution < 1.29 is 23.9 Å². The lowest BCUT2D eigenvalue weighted by Crippen LogP contribution is -2.40. The molecule has 0 bridgehead atoms. The summed E-state index contributed by atoms with van der Waals surface area (Å²) in [5, 5.41) is 0. The molecule has 0 aromatic heterocycles. The van der Waals surface area contributed by atoms with E-state index >= 15 is 0 Å². The highest BCUT2D eigenvalue weighted by molar-refractivity contribution is 9.10. The minimum absolute atomic E-state index is 0.272. The van der Waals surface area contributed by atoms with Crippen LogP contribution in [0.5, 0.6) is 5.75 Å². The fourth-order valence-corrected chi connectivity index (χ4v) is 2.58. The van der Waals surface area contributed by atoms with Crippen LogP contribution in [0.2, 0.25) is 0 Å². The zero-order valence-corrected chi connectivity index (χ0v) is 17.0. The number of hydrogen-bond acceptors (Lipinski definition) is 5. The van der Waals surface area contributed by atoms with Crippen LogP contribution in [0.15, 0.2) is 28.7 Å². The van der Waals surface area contributed by atoms with Gasteiger partial charge in [-0.1, -0.05) is 15.9 Å². The molecule has 0 spiro atoms. The third-order valence-electron chi connectivity index (χ3n) is 3.62. The van der Waals surface area contributed by atoms with E-state index in [4.69, 9.17) is 14.3 Å². The predicted molar refractivity (Wildman–Crippen MR) is 99.7 cm³/mol. The lowest BCUT2D eigenvalue weighted by atomic mass is 10.2. The van der Waals surface area contributed by atoms with Gasteiger partial charge in [0, 0.05) is 11.0 Å². The van der Waals surface area contributed by atoms with Gasteiger partial charge >= 0.3 is 6.09 Å². The number of likely N-dealkylation sites (tertiary alicyclic amines) is 1. The maximum atomic E-state index is 12.1. The standard InChI is InChI=1S/C18H25BrN2O5/c1-12(24-14-7-5-13(19)6-8-14)16(22)20-26-15-9-10-21(11-15)17(23)25-18(2,3)4/h5-8,12,15H,9-11H2,1-4H3,(H,20,22)/t12-,15?/m0/s1. The summed E-state index contributed by atoms with van der Waals surface area (Å²) in [6.07, 6.45) is -0.727. The van der Waals surface area contributed by atoms with Gasteiger partial charge in [-0.3, -0.25) is 9.63 Å². The van der Waals surface area contributed by atoms with Crippen LogP contribution < -0.4 is 10.2 Å². The Bertz CT molecular complexity index is 629. The number of halogens is 1. The number of carbonyl (C=O) groups is 2. The first-order valence-electron chi connectivity index (χ1n) is 8.50. The number of rotatable bonds is 5. The van der Waals surface area contributed by atoms with E-state index in [1.54, 1.807) is 24.0 Å². The third-order valence-corrected chi connectivity index (χ3v) is 4.15. The number of amides is 2. The van der Waals surface area contributed by atoms with Crippen LogP contribution in [-0.4, -0.2) is 47.8 Å². The fourth-order valence-electron chi connectivity index (χ4n) is 2.31. The number of carbonyl (C=O) groups excluding carboxylic acids is 2. The van der Waals surface area contributed by atoms with Gasteiger partial charge in [-0.25, -0.2) is 10.3 Å². The molecule has 2 atom stereocenters. The molecule has 1 saturated heterocycles. The summed E-state index contributed by atoms with van der Waals surface area (Å²) in [6.45, 7) is 8.01. The highest BCUT2D eigenvalue weighted by Crippen LogP contribution is 2.18. The Morgan fingerprint density at radius 2 is 1.92 bits per heavy atom. The molecule has 1 N–H and O–H groups in total. The van der Waals surface area contributed by atoms with Crippen LogP contribution in [-0.2, 0) is 14.4 Å². The highest BCUT2D eigenvalue weighted by Gasteiger charge is 2.31. The van der Waals surface area contributed by atoms with Crippen molar-refractivity contribution in [2.45, 2.75) is 51.9 Å². The van der Waals surface area contributed by atoms with Gasteiger partial charge in [0.15, 0.2) is 6.10 Å². The SMILES string of the molecule is C[C@H](Oc1ccc(Br)cc1)C(=O)NOC1CCN(C(=O)OC(C)(C)C)C1. The topological polar surface area (TPSA) is 77.1 Å². The number of benzene rings is 1. The van der Waals surface area contributed by atoms with E-state index in [0.717, 1.165) is 4.47 Å². The normalized spacial score (nSPS) is 18.3. The van der Waals surface area contributed by atoms with Crippen molar-refractivity contribution in [1.29, 1.82) is 0 Å². The third kappa shape index (κ3) is 6.49. The monoisotopic (exact) mass is 428 g/mol. The summed E-state index contributed by atoms with van der Waals surface area (Å²) < 4.78 is 11.8. The Morgan fingerprint density at radius 1 is 1.27 bits per heavy atom. The van der Waals surface area contributed by atoms with E-state index in [2.05, 4.69) is 21.4 Å². The minimum Gasteiger partial charge on any atom is -0.481 e. The van der Waals surface area contributed by atoms with Crippen molar-refractivity contribution >= 4 is 27.9 Å². The van der Waals surface area contributed by atoms with Crippen LogP contribution in [0.1, 0.15) is 34.1 Å². The molecule has 1 aliphatic rings. The van der Waals surface area contributed by atoms with Gasteiger partial charge < -0.3 is 14.4 Å². The second kappa shape index (κ2) is 8.73. The number of nitrogens with zero attached hydrogens (tertiary/aromatic N) is 1. The van der Waals surface area contributed by atoms with Crippen LogP contribution in [0, 0.1) is 0 Å². The van der Waals surface area contributed by atoms with E-state index in [0.29, 0.717) is 25.3 Å². The van der Waals surface area contributed by atoms with E-state index < -0.39 is 11.7 Å². The largest absolute Gasteiger partial charge is 0.481 e. The molecule has 1 aromatic rings. The van der Waals surface area contributed by atoms with Crippen molar-refractivity contribution in [1.82, 2.24) is 10.4 Å². The molecular weight excluding hydrogens is 404 g/mol. The molecule has 1 aromatic carbocycles. The van der Waals surface area contributed by atoms with E-state index in [-0.39, 0.29) is 18.1 Å².